The van der Waals surface area contributed by atoms with E-state index in [1.54, 1.807) is 39.1 Å². The topological polar surface area (TPSA) is 95.9 Å². The van der Waals surface area contributed by atoms with Crippen molar-refractivity contribution in [3.8, 4) is 0 Å². The Morgan fingerprint density at radius 2 is 1.78 bits per heavy atom. The first-order valence-electron chi connectivity index (χ1n) is 8.41. The summed E-state index contributed by atoms with van der Waals surface area (Å²) in [7, 11) is 2.53. The van der Waals surface area contributed by atoms with E-state index in [0.717, 1.165) is 5.39 Å². The zero-order valence-electron chi connectivity index (χ0n) is 16.1. The first-order valence-corrected chi connectivity index (χ1v) is 8.41. The molecule has 0 aliphatic carbocycles. The zero-order valence-corrected chi connectivity index (χ0v) is 16.1. The number of nitrogens with one attached hydrogen (secondary N) is 1. The van der Waals surface area contributed by atoms with Gasteiger partial charge in [-0.05, 0) is 32.4 Å². The molecule has 0 aliphatic rings. The number of ether oxygens (including phenoxy) is 3. The maximum Gasteiger partial charge on any atom is 0.418 e. The van der Waals surface area contributed by atoms with E-state index in [1.165, 1.54) is 18.8 Å². The second-order valence-corrected chi connectivity index (χ2v) is 6.94. The van der Waals surface area contributed by atoms with E-state index < -0.39 is 29.8 Å². The van der Waals surface area contributed by atoms with Crippen LogP contribution in [-0.4, -0.2) is 48.6 Å². The minimum absolute atomic E-state index is 0.121. The van der Waals surface area contributed by atoms with Crippen molar-refractivity contribution < 1.29 is 28.6 Å². The summed E-state index contributed by atoms with van der Waals surface area (Å²) in [6, 6.07) is 6.24. The Morgan fingerprint density at radius 1 is 1.11 bits per heavy atom. The number of amides is 1. The summed E-state index contributed by atoms with van der Waals surface area (Å²) < 4.78 is 16.2. The molecule has 0 radical (unpaired) electrons. The Bertz CT molecular complexity index is 849. The van der Waals surface area contributed by atoms with Crippen molar-refractivity contribution in [3.05, 3.63) is 36.0 Å². The molecule has 0 saturated carbocycles. The number of para-hydroxylation sites is 1. The molecule has 0 aliphatic heterocycles. The molecule has 1 atom stereocenters. The molecule has 1 N–H and O–H groups in total. The highest BCUT2D eigenvalue weighted by molar-refractivity contribution is 5.92. The third kappa shape index (κ3) is 4.99. The van der Waals surface area contributed by atoms with E-state index in [2.05, 4.69) is 5.32 Å². The summed E-state index contributed by atoms with van der Waals surface area (Å²) in [4.78, 5) is 36.3. The first-order chi connectivity index (χ1) is 12.7. The fraction of sp³-hybridized carbons (Fsp3) is 0.421. The molecule has 0 saturated heterocycles. The van der Waals surface area contributed by atoms with Crippen LogP contribution in [0.3, 0.4) is 0 Å². The standard InChI is InChI=1S/C19H24N2O6/c1-19(2,3)27-17(23)20-14(16(22)25-4)10-12-11-21(18(24)26-5)15-9-7-6-8-13(12)15/h6-9,11,14H,10H2,1-5H3,(H,20,23)/t14-/m0/s1. The van der Waals surface area contributed by atoms with E-state index in [0.29, 0.717) is 11.1 Å². The van der Waals surface area contributed by atoms with Gasteiger partial charge in [-0.15, -0.1) is 0 Å². The normalized spacial score (nSPS) is 12.3. The van der Waals surface area contributed by atoms with E-state index in [1.807, 2.05) is 12.1 Å². The van der Waals surface area contributed by atoms with Crippen LogP contribution in [0.4, 0.5) is 9.59 Å². The summed E-state index contributed by atoms with van der Waals surface area (Å²) in [6.07, 6.45) is 0.432. The van der Waals surface area contributed by atoms with Crippen molar-refractivity contribution in [2.75, 3.05) is 14.2 Å². The van der Waals surface area contributed by atoms with Gasteiger partial charge in [0.05, 0.1) is 19.7 Å². The van der Waals surface area contributed by atoms with Crippen LogP contribution < -0.4 is 5.32 Å². The van der Waals surface area contributed by atoms with Crippen molar-refractivity contribution in [3.63, 3.8) is 0 Å². The second kappa shape index (κ2) is 8.11. The fourth-order valence-corrected chi connectivity index (χ4v) is 2.67. The van der Waals surface area contributed by atoms with Gasteiger partial charge in [-0.1, -0.05) is 18.2 Å². The van der Waals surface area contributed by atoms with Crippen molar-refractivity contribution in [1.82, 2.24) is 9.88 Å². The summed E-state index contributed by atoms with van der Waals surface area (Å²) >= 11 is 0. The lowest BCUT2D eigenvalue weighted by Gasteiger charge is -2.22. The van der Waals surface area contributed by atoms with Crippen molar-refractivity contribution >= 4 is 29.1 Å². The Labute approximate surface area is 157 Å². The summed E-state index contributed by atoms with van der Waals surface area (Å²) in [6.45, 7) is 5.18. The van der Waals surface area contributed by atoms with Crippen LogP contribution in [0.2, 0.25) is 0 Å². The maximum atomic E-state index is 12.2. The molecule has 27 heavy (non-hydrogen) atoms. The summed E-state index contributed by atoms with van der Waals surface area (Å²) in [5, 5.41) is 3.30. The number of alkyl carbamates (subject to hydrolysis) is 1. The van der Waals surface area contributed by atoms with Crippen molar-refractivity contribution in [1.29, 1.82) is 0 Å². The molecule has 0 bridgehead atoms. The van der Waals surface area contributed by atoms with Crippen molar-refractivity contribution in [2.24, 2.45) is 0 Å². The molecule has 146 valence electrons. The lowest BCUT2D eigenvalue weighted by atomic mass is 10.1. The lowest BCUT2D eigenvalue weighted by molar-refractivity contribution is -0.143. The largest absolute Gasteiger partial charge is 0.467 e. The van der Waals surface area contributed by atoms with Crippen LogP contribution in [-0.2, 0) is 25.4 Å². The first kappa shape index (κ1) is 20.3. The molecule has 1 aromatic carbocycles. The van der Waals surface area contributed by atoms with Gasteiger partial charge in [-0.2, -0.15) is 0 Å². The van der Waals surface area contributed by atoms with Gasteiger partial charge in [-0.25, -0.2) is 14.4 Å². The van der Waals surface area contributed by atoms with E-state index in [9.17, 15) is 14.4 Å². The van der Waals surface area contributed by atoms with Gasteiger partial charge < -0.3 is 19.5 Å². The highest BCUT2D eigenvalue weighted by Gasteiger charge is 2.27. The number of carbonyl (C=O) groups excluding carboxylic acids is 3. The monoisotopic (exact) mass is 376 g/mol. The SMILES string of the molecule is COC(=O)[C@H](Cc1cn(C(=O)OC)c2ccccc12)NC(=O)OC(C)(C)C. The molecular weight excluding hydrogens is 352 g/mol. The Morgan fingerprint density at radius 3 is 2.37 bits per heavy atom. The Hall–Kier alpha value is -3.03. The number of methoxy groups -OCH3 is 2. The van der Waals surface area contributed by atoms with Crippen LogP contribution in [0.25, 0.3) is 10.9 Å². The number of nitrogens with zero attached hydrogens (tertiary/aromatic N) is 1. The number of aromatic nitrogens is 1. The smallest absolute Gasteiger partial charge is 0.418 e. The number of fused-ring (bicyclic) bond motifs is 1. The van der Waals surface area contributed by atoms with E-state index >= 15 is 0 Å². The summed E-state index contributed by atoms with van der Waals surface area (Å²) in [5.41, 5.74) is 0.619. The third-order valence-corrected chi connectivity index (χ3v) is 3.77. The molecule has 0 spiro atoms. The van der Waals surface area contributed by atoms with Gasteiger partial charge in [0.15, 0.2) is 0 Å². The highest BCUT2D eigenvalue weighted by atomic mass is 16.6. The van der Waals surface area contributed by atoms with E-state index in [-0.39, 0.29) is 6.42 Å². The quantitative estimate of drug-likeness (QED) is 0.651. The predicted octanol–water partition coefficient (Wildman–Crippen LogP) is 2.86. The van der Waals surface area contributed by atoms with Crippen LogP contribution in [0, 0.1) is 0 Å². The average Bonchev–Trinajstić information content (AvgIpc) is 2.97. The molecule has 2 rings (SSSR count). The van der Waals surface area contributed by atoms with Gasteiger partial charge >= 0.3 is 18.2 Å². The third-order valence-electron chi connectivity index (χ3n) is 3.77. The number of rotatable bonds is 4. The van der Waals surface area contributed by atoms with Crippen LogP contribution in [0.15, 0.2) is 30.5 Å². The number of hydrogen-bond acceptors (Lipinski definition) is 6. The Kier molecular flexibility index (Phi) is 6.09. The molecule has 8 nitrogen and oxygen atoms in total. The molecule has 1 amide bonds. The van der Waals surface area contributed by atoms with Gasteiger partial charge in [-0.3, -0.25) is 4.57 Å². The highest BCUT2D eigenvalue weighted by Crippen LogP contribution is 2.23. The number of esters is 1. The van der Waals surface area contributed by atoms with E-state index in [4.69, 9.17) is 14.2 Å². The molecule has 1 aromatic heterocycles. The minimum Gasteiger partial charge on any atom is -0.467 e. The number of carbonyl (C=O) groups is 3. The molecule has 1 heterocycles. The van der Waals surface area contributed by atoms with Crippen LogP contribution >= 0.6 is 0 Å². The lowest BCUT2D eigenvalue weighted by Crippen LogP contribution is -2.45. The van der Waals surface area contributed by atoms with Gasteiger partial charge in [0.25, 0.3) is 0 Å². The molecule has 8 heteroatoms. The molecule has 0 fully saturated rings. The molecular formula is C19H24N2O6. The Balaban J connectivity index is 2.33. The van der Waals surface area contributed by atoms with Gasteiger partial charge in [0.2, 0.25) is 0 Å². The second-order valence-electron chi connectivity index (χ2n) is 6.94. The van der Waals surface area contributed by atoms with Crippen LogP contribution in [0.1, 0.15) is 26.3 Å². The number of hydrogen-bond donors (Lipinski definition) is 1. The predicted molar refractivity (Wildman–Crippen MR) is 98.6 cm³/mol. The summed E-state index contributed by atoms with van der Waals surface area (Å²) in [5.74, 6) is -0.615. The van der Waals surface area contributed by atoms with Gasteiger partial charge in [0, 0.05) is 18.0 Å². The minimum atomic E-state index is -0.971. The van der Waals surface area contributed by atoms with Crippen molar-refractivity contribution in [2.45, 2.75) is 38.8 Å². The number of benzene rings is 1. The average molecular weight is 376 g/mol. The fourth-order valence-electron chi connectivity index (χ4n) is 2.67. The van der Waals surface area contributed by atoms with Gasteiger partial charge in [0.1, 0.15) is 11.6 Å². The van der Waals surface area contributed by atoms with Crippen LogP contribution in [0.5, 0.6) is 0 Å². The molecule has 0 unspecified atom stereocenters. The maximum absolute atomic E-state index is 12.2. The molecule has 2 aromatic rings. The zero-order chi connectivity index (χ0) is 20.2.